The number of amides is 2. The Balaban J connectivity index is 1.78. The highest BCUT2D eigenvalue weighted by Gasteiger charge is 2.22. The summed E-state index contributed by atoms with van der Waals surface area (Å²) in [6.07, 6.45) is 1.81. The molecule has 0 radical (unpaired) electrons. The normalized spacial score (nSPS) is 12.0. The van der Waals surface area contributed by atoms with E-state index in [1.807, 2.05) is 0 Å². The van der Waals surface area contributed by atoms with Crippen LogP contribution < -0.4 is 11.1 Å². The predicted molar refractivity (Wildman–Crippen MR) is 89.6 cm³/mol. The number of carbonyl (C=O) groups is 2. The van der Waals surface area contributed by atoms with Crippen LogP contribution in [0.25, 0.3) is 11.0 Å². The number of halogens is 1. The quantitative estimate of drug-likeness (QED) is 0.742. The van der Waals surface area contributed by atoms with E-state index >= 15 is 0 Å². The average molecular weight is 344 g/mol. The predicted octanol–water partition coefficient (Wildman–Crippen LogP) is 2.31. The smallest absolute Gasteiger partial charge is 0.287 e. The Kier molecular flexibility index (Phi) is 4.48. The van der Waals surface area contributed by atoms with Crippen molar-refractivity contribution < 1.29 is 14.0 Å². The lowest BCUT2D eigenvalue weighted by Crippen LogP contribution is -2.45. The van der Waals surface area contributed by atoms with Gasteiger partial charge in [-0.3, -0.25) is 14.6 Å². The minimum absolute atomic E-state index is 0.0829. The van der Waals surface area contributed by atoms with Crippen molar-refractivity contribution in [3.63, 3.8) is 0 Å². The van der Waals surface area contributed by atoms with Crippen molar-refractivity contribution in [3.8, 4) is 0 Å². The van der Waals surface area contributed by atoms with Gasteiger partial charge in [-0.25, -0.2) is 0 Å². The molecule has 0 unspecified atom stereocenters. The zero-order valence-corrected chi connectivity index (χ0v) is 13.3. The summed E-state index contributed by atoms with van der Waals surface area (Å²) in [4.78, 5) is 28.1. The van der Waals surface area contributed by atoms with E-state index in [1.54, 1.807) is 48.7 Å². The van der Waals surface area contributed by atoms with E-state index in [0.717, 1.165) is 0 Å². The maximum absolute atomic E-state index is 12.3. The van der Waals surface area contributed by atoms with Crippen LogP contribution >= 0.6 is 11.6 Å². The van der Waals surface area contributed by atoms with Crippen molar-refractivity contribution in [2.75, 3.05) is 0 Å². The molecular formula is C17H14ClN3O3. The second-order valence-electron chi connectivity index (χ2n) is 5.25. The first kappa shape index (κ1) is 16.0. The van der Waals surface area contributed by atoms with E-state index in [-0.39, 0.29) is 12.2 Å². The number of furan rings is 1. The van der Waals surface area contributed by atoms with Gasteiger partial charge in [-0.2, -0.15) is 0 Å². The van der Waals surface area contributed by atoms with Gasteiger partial charge in [0.1, 0.15) is 11.6 Å². The Hall–Kier alpha value is -2.86. The van der Waals surface area contributed by atoms with Crippen LogP contribution in [0.5, 0.6) is 0 Å². The van der Waals surface area contributed by atoms with Crippen molar-refractivity contribution in [3.05, 3.63) is 65.1 Å². The fourth-order valence-corrected chi connectivity index (χ4v) is 2.49. The molecule has 0 fully saturated rings. The van der Waals surface area contributed by atoms with Crippen molar-refractivity contribution >= 4 is 34.4 Å². The summed E-state index contributed by atoms with van der Waals surface area (Å²) in [5.74, 6) is -1.09. The van der Waals surface area contributed by atoms with Gasteiger partial charge < -0.3 is 15.5 Å². The zero-order valence-electron chi connectivity index (χ0n) is 12.5. The lowest BCUT2D eigenvalue weighted by molar-refractivity contribution is -0.119. The molecule has 1 aromatic carbocycles. The molecule has 3 N–H and O–H groups in total. The van der Waals surface area contributed by atoms with Crippen LogP contribution in [0.3, 0.4) is 0 Å². The highest BCUT2D eigenvalue weighted by atomic mass is 35.5. The molecule has 2 heterocycles. The lowest BCUT2D eigenvalue weighted by Gasteiger charge is -2.14. The van der Waals surface area contributed by atoms with Gasteiger partial charge in [-0.15, -0.1) is 0 Å². The monoisotopic (exact) mass is 343 g/mol. The van der Waals surface area contributed by atoms with Crippen LogP contribution in [0.2, 0.25) is 5.02 Å². The Morgan fingerprint density at radius 2 is 2.08 bits per heavy atom. The maximum atomic E-state index is 12.3. The average Bonchev–Trinajstić information content (AvgIpc) is 2.98. The van der Waals surface area contributed by atoms with Crippen LogP contribution in [-0.4, -0.2) is 22.8 Å². The number of pyridine rings is 1. The van der Waals surface area contributed by atoms with E-state index in [4.69, 9.17) is 21.8 Å². The van der Waals surface area contributed by atoms with E-state index in [0.29, 0.717) is 21.7 Å². The molecular weight excluding hydrogens is 330 g/mol. The van der Waals surface area contributed by atoms with Crippen molar-refractivity contribution in [2.45, 2.75) is 12.5 Å². The molecule has 0 saturated heterocycles. The summed E-state index contributed by atoms with van der Waals surface area (Å²) in [7, 11) is 0. The second kappa shape index (κ2) is 6.72. The molecule has 1 atom stereocenters. The molecule has 122 valence electrons. The maximum Gasteiger partial charge on any atom is 0.287 e. The number of nitrogens with two attached hydrogens (primary N) is 1. The molecule has 3 aromatic rings. The van der Waals surface area contributed by atoms with Gasteiger partial charge in [0.15, 0.2) is 5.76 Å². The lowest BCUT2D eigenvalue weighted by atomic mass is 10.1. The fraction of sp³-hybridized carbons (Fsp3) is 0.118. The molecule has 0 aliphatic carbocycles. The summed E-state index contributed by atoms with van der Waals surface area (Å²) >= 11 is 5.91. The van der Waals surface area contributed by atoms with Gasteiger partial charge in [0.05, 0.1) is 0 Å². The van der Waals surface area contributed by atoms with E-state index in [9.17, 15) is 9.59 Å². The molecule has 7 heteroatoms. The molecule has 6 nitrogen and oxygen atoms in total. The summed E-state index contributed by atoms with van der Waals surface area (Å²) in [6, 6.07) is 11.0. The first-order valence-corrected chi connectivity index (χ1v) is 7.60. The Morgan fingerprint density at radius 3 is 2.79 bits per heavy atom. The van der Waals surface area contributed by atoms with Gasteiger partial charge in [0.25, 0.3) is 5.91 Å². The van der Waals surface area contributed by atoms with E-state index in [2.05, 4.69) is 10.3 Å². The number of hydrogen-bond donors (Lipinski definition) is 2. The van der Waals surface area contributed by atoms with Gasteiger partial charge in [0, 0.05) is 28.7 Å². The molecule has 0 spiro atoms. The third kappa shape index (κ3) is 3.55. The zero-order chi connectivity index (χ0) is 17.1. The SMILES string of the molecule is NC(=O)[C@H](Cc1ccccn1)NC(=O)c1cc2cc(Cl)ccc2o1. The van der Waals surface area contributed by atoms with Crippen LogP contribution in [0.4, 0.5) is 0 Å². The highest BCUT2D eigenvalue weighted by molar-refractivity contribution is 6.31. The standard InChI is InChI=1S/C17H14ClN3O3/c18-11-4-5-14-10(7-11)8-15(24-14)17(23)21-13(16(19)22)9-12-3-1-2-6-20-12/h1-8,13H,9H2,(H2,19,22)(H,21,23)/t13-/m0/s1. The molecule has 0 aliphatic rings. The minimum atomic E-state index is -0.885. The van der Waals surface area contributed by atoms with Crippen LogP contribution in [0.15, 0.2) is 53.1 Å². The topological polar surface area (TPSA) is 98.2 Å². The molecule has 24 heavy (non-hydrogen) atoms. The van der Waals surface area contributed by atoms with E-state index < -0.39 is 17.9 Å². The summed E-state index contributed by atoms with van der Waals surface area (Å²) < 4.78 is 5.48. The summed E-state index contributed by atoms with van der Waals surface area (Å²) in [6.45, 7) is 0. The van der Waals surface area contributed by atoms with Crippen molar-refractivity contribution in [2.24, 2.45) is 5.73 Å². The molecule has 2 amide bonds. The fourth-order valence-electron chi connectivity index (χ4n) is 2.31. The number of nitrogens with zero attached hydrogens (tertiary/aromatic N) is 1. The second-order valence-corrected chi connectivity index (χ2v) is 5.68. The third-order valence-corrected chi connectivity index (χ3v) is 3.73. The highest BCUT2D eigenvalue weighted by Crippen LogP contribution is 2.23. The molecule has 0 saturated carbocycles. The molecule has 3 rings (SSSR count). The van der Waals surface area contributed by atoms with Crippen molar-refractivity contribution in [1.82, 2.24) is 10.3 Å². The Morgan fingerprint density at radius 1 is 1.25 bits per heavy atom. The minimum Gasteiger partial charge on any atom is -0.451 e. The van der Waals surface area contributed by atoms with Gasteiger partial charge in [-0.05, 0) is 36.4 Å². The van der Waals surface area contributed by atoms with Crippen molar-refractivity contribution in [1.29, 1.82) is 0 Å². The van der Waals surface area contributed by atoms with Crippen LogP contribution in [0, 0.1) is 0 Å². The first-order chi connectivity index (χ1) is 11.5. The number of nitrogens with one attached hydrogen (secondary N) is 1. The molecule has 0 bridgehead atoms. The number of aromatic nitrogens is 1. The third-order valence-electron chi connectivity index (χ3n) is 3.49. The van der Waals surface area contributed by atoms with Crippen LogP contribution in [-0.2, 0) is 11.2 Å². The number of primary amides is 1. The Bertz CT molecular complexity index is 892. The largest absolute Gasteiger partial charge is 0.451 e. The number of carbonyl (C=O) groups excluding carboxylic acids is 2. The number of benzene rings is 1. The van der Waals surface area contributed by atoms with E-state index in [1.165, 1.54) is 0 Å². The number of fused-ring (bicyclic) bond motifs is 1. The molecule has 0 aliphatic heterocycles. The number of hydrogen-bond acceptors (Lipinski definition) is 4. The summed E-state index contributed by atoms with van der Waals surface area (Å²) in [5.41, 5.74) is 6.56. The van der Waals surface area contributed by atoms with Gasteiger partial charge in [-0.1, -0.05) is 17.7 Å². The first-order valence-electron chi connectivity index (χ1n) is 7.22. The summed E-state index contributed by atoms with van der Waals surface area (Å²) in [5, 5.41) is 3.82. The van der Waals surface area contributed by atoms with Crippen LogP contribution in [0.1, 0.15) is 16.2 Å². The molecule has 2 aromatic heterocycles. The van der Waals surface area contributed by atoms with Gasteiger partial charge >= 0.3 is 0 Å². The van der Waals surface area contributed by atoms with Gasteiger partial charge in [0.2, 0.25) is 5.91 Å². The number of rotatable bonds is 5. The Labute approximate surface area is 142 Å².